The summed E-state index contributed by atoms with van der Waals surface area (Å²) in [4.78, 5) is 16.7. The highest BCUT2D eigenvalue weighted by molar-refractivity contribution is 5.75. The number of benzene rings is 1. The summed E-state index contributed by atoms with van der Waals surface area (Å²) < 4.78 is 0. The number of fused-ring (bicyclic) bond motifs is 1. The number of hydrogen-bond donors (Lipinski definition) is 3. The second-order valence-electron chi connectivity index (χ2n) is 5.55. The molecule has 0 saturated carbocycles. The Bertz CT molecular complexity index is 585. The van der Waals surface area contributed by atoms with Crippen LogP contribution in [0.5, 0.6) is 0 Å². The van der Waals surface area contributed by atoms with Crippen LogP contribution < -0.4 is 11.4 Å². The number of aromatic amines is 2. The summed E-state index contributed by atoms with van der Waals surface area (Å²) in [6.45, 7) is 2.23. The quantitative estimate of drug-likeness (QED) is 0.644. The third-order valence-electron chi connectivity index (χ3n) is 3.84. The summed E-state index contributed by atoms with van der Waals surface area (Å²) in [5.41, 5.74) is 8.84. The molecule has 4 heteroatoms. The lowest BCUT2D eigenvalue weighted by Gasteiger charge is -2.12. The van der Waals surface area contributed by atoms with Crippen LogP contribution in [0.1, 0.15) is 63.5 Å². The number of imidazole rings is 1. The molecule has 0 radical (unpaired) electrons. The van der Waals surface area contributed by atoms with E-state index in [9.17, 15) is 4.79 Å². The molecule has 4 nitrogen and oxygen atoms in total. The Labute approximate surface area is 119 Å². The van der Waals surface area contributed by atoms with Gasteiger partial charge in [0.15, 0.2) is 0 Å². The van der Waals surface area contributed by atoms with E-state index >= 15 is 0 Å². The summed E-state index contributed by atoms with van der Waals surface area (Å²) >= 11 is 0. The highest BCUT2D eigenvalue weighted by Gasteiger charge is 2.07. The van der Waals surface area contributed by atoms with Gasteiger partial charge in [0.25, 0.3) is 0 Å². The molecule has 2 aromatic rings. The van der Waals surface area contributed by atoms with Gasteiger partial charge in [-0.05, 0) is 24.1 Å². The lowest BCUT2D eigenvalue weighted by molar-refractivity contribution is 0.547. The molecule has 0 aliphatic heterocycles. The molecule has 0 fully saturated rings. The minimum absolute atomic E-state index is 0.0592. The zero-order chi connectivity index (χ0) is 14.4. The van der Waals surface area contributed by atoms with Crippen LogP contribution in [-0.4, -0.2) is 9.97 Å². The molecule has 0 aliphatic carbocycles. The Morgan fingerprint density at radius 2 is 1.75 bits per heavy atom. The predicted molar refractivity (Wildman–Crippen MR) is 83.8 cm³/mol. The average Bonchev–Trinajstić information content (AvgIpc) is 2.81. The Morgan fingerprint density at radius 1 is 1.05 bits per heavy atom. The van der Waals surface area contributed by atoms with Crippen LogP contribution in [0.2, 0.25) is 0 Å². The molecule has 1 unspecified atom stereocenters. The molecule has 0 aliphatic rings. The second-order valence-corrected chi connectivity index (χ2v) is 5.55. The molecule has 0 amide bonds. The second kappa shape index (κ2) is 7.29. The summed E-state index contributed by atoms with van der Waals surface area (Å²) in [6, 6.07) is 5.97. The van der Waals surface area contributed by atoms with E-state index in [1.54, 1.807) is 0 Å². The van der Waals surface area contributed by atoms with Crippen LogP contribution in [0.15, 0.2) is 23.0 Å². The normalized spacial score (nSPS) is 12.9. The number of unbranched alkanes of at least 4 members (excludes halogenated alkanes) is 5. The van der Waals surface area contributed by atoms with Crippen molar-refractivity contribution < 1.29 is 0 Å². The Kier molecular flexibility index (Phi) is 5.41. The maximum Gasteiger partial charge on any atom is 0.323 e. The third-order valence-corrected chi connectivity index (χ3v) is 3.84. The van der Waals surface area contributed by atoms with Gasteiger partial charge in [-0.25, -0.2) is 4.79 Å². The smallest absolute Gasteiger partial charge is 0.323 e. The first kappa shape index (κ1) is 14.9. The number of hydrogen-bond acceptors (Lipinski definition) is 2. The Balaban J connectivity index is 1.84. The maximum absolute atomic E-state index is 11.2. The molecular weight excluding hydrogens is 250 g/mol. The lowest BCUT2D eigenvalue weighted by atomic mass is 10.00. The van der Waals surface area contributed by atoms with Crippen LogP contribution in [-0.2, 0) is 0 Å². The predicted octanol–water partition coefficient (Wildman–Crippen LogP) is 3.61. The largest absolute Gasteiger partial charge is 0.324 e. The van der Waals surface area contributed by atoms with E-state index in [1.165, 1.54) is 38.5 Å². The summed E-state index contributed by atoms with van der Waals surface area (Å²) in [6.07, 6.45) is 8.71. The highest BCUT2D eigenvalue weighted by Crippen LogP contribution is 2.20. The van der Waals surface area contributed by atoms with Crippen molar-refractivity contribution in [2.45, 2.75) is 57.9 Å². The minimum Gasteiger partial charge on any atom is -0.324 e. The van der Waals surface area contributed by atoms with Crippen molar-refractivity contribution >= 4 is 11.0 Å². The van der Waals surface area contributed by atoms with Gasteiger partial charge in [-0.3, -0.25) is 0 Å². The van der Waals surface area contributed by atoms with E-state index < -0.39 is 0 Å². The van der Waals surface area contributed by atoms with Gasteiger partial charge in [0.1, 0.15) is 0 Å². The minimum atomic E-state index is -0.165. The zero-order valence-electron chi connectivity index (χ0n) is 12.2. The lowest BCUT2D eigenvalue weighted by Crippen LogP contribution is -2.10. The van der Waals surface area contributed by atoms with Crippen molar-refractivity contribution in [1.82, 2.24) is 9.97 Å². The topological polar surface area (TPSA) is 74.7 Å². The van der Waals surface area contributed by atoms with Crippen molar-refractivity contribution in [3.8, 4) is 0 Å². The van der Waals surface area contributed by atoms with Gasteiger partial charge in [0.2, 0.25) is 0 Å². The van der Waals surface area contributed by atoms with Gasteiger partial charge in [0.05, 0.1) is 11.0 Å². The van der Waals surface area contributed by atoms with Crippen molar-refractivity contribution in [2.24, 2.45) is 5.73 Å². The van der Waals surface area contributed by atoms with E-state index in [4.69, 9.17) is 5.73 Å². The van der Waals surface area contributed by atoms with E-state index in [0.29, 0.717) is 0 Å². The van der Waals surface area contributed by atoms with Crippen molar-refractivity contribution in [3.63, 3.8) is 0 Å². The Hall–Kier alpha value is -1.55. The van der Waals surface area contributed by atoms with Gasteiger partial charge in [-0.2, -0.15) is 0 Å². The number of aromatic nitrogens is 2. The first-order valence-electron chi connectivity index (χ1n) is 7.68. The van der Waals surface area contributed by atoms with Crippen LogP contribution in [0, 0.1) is 0 Å². The van der Waals surface area contributed by atoms with Crippen molar-refractivity contribution in [3.05, 3.63) is 34.2 Å². The van der Waals surface area contributed by atoms with E-state index in [-0.39, 0.29) is 11.7 Å². The number of nitrogens with one attached hydrogen (secondary N) is 2. The summed E-state index contributed by atoms with van der Waals surface area (Å²) in [5, 5.41) is 0. The molecule has 20 heavy (non-hydrogen) atoms. The van der Waals surface area contributed by atoms with E-state index in [2.05, 4.69) is 16.9 Å². The number of H-pyrrole nitrogens is 2. The number of rotatable bonds is 8. The van der Waals surface area contributed by atoms with Crippen molar-refractivity contribution in [2.75, 3.05) is 0 Å². The maximum atomic E-state index is 11.2. The van der Waals surface area contributed by atoms with Crippen LogP contribution in [0.25, 0.3) is 11.0 Å². The van der Waals surface area contributed by atoms with E-state index in [0.717, 1.165) is 23.0 Å². The fourth-order valence-corrected chi connectivity index (χ4v) is 2.59. The van der Waals surface area contributed by atoms with Crippen LogP contribution in [0.3, 0.4) is 0 Å². The highest BCUT2D eigenvalue weighted by atomic mass is 16.1. The average molecular weight is 275 g/mol. The Morgan fingerprint density at radius 3 is 2.55 bits per heavy atom. The first-order chi connectivity index (χ1) is 9.70. The molecule has 0 saturated heterocycles. The molecule has 1 heterocycles. The molecular formula is C16H25N3O. The fraction of sp³-hybridized carbons (Fsp3) is 0.562. The monoisotopic (exact) mass is 275 g/mol. The first-order valence-corrected chi connectivity index (χ1v) is 7.68. The third kappa shape index (κ3) is 3.97. The van der Waals surface area contributed by atoms with Gasteiger partial charge >= 0.3 is 5.69 Å². The summed E-state index contributed by atoms with van der Waals surface area (Å²) in [5.74, 6) is 0. The van der Waals surface area contributed by atoms with Gasteiger partial charge < -0.3 is 15.7 Å². The molecule has 1 aromatic carbocycles. The fourth-order valence-electron chi connectivity index (χ4n) is 2.59. The molecule has 1 aromatic heterocycles. The van der Waals surface area contributed by atoms with Crippen molar-refractivity contribution in [1.29, 1.82) is 0 Å². The van der Waals surface area contributed by atoms with Gasteiger partial charge in [0, 0.05) is 6.04 Å². The number of nitrogens with two attached hydrogens (primary N) is 1. The zero-order valence-corrected chi connectivity index (χ0v) is 12.2. The molecule has 4 N–H and O–H groups in total. The standard InChI is InChI=1S/C16H25N3O/c1-2-3-4-5-6-7-8-13(17)12-9-10-14-15(11-12)19-16(20)18-14/h9-11,13H,2-8,17H2,1H3,(H2,18,19,20). The van der Waals surface area contributed by atoms with Crippen LogP contribution in [0.4, 0.5) is 0 Å². The van der Waals surface area contributed by atoms with Gasteiger partial charge in [-0.15, -0.1) is 0 Å². The molecule has 0 bridgehead atoms. The molecule has 2 rings (SSSR count). The molecule has 110 valence electrons. The summed E-state index contributed by atoms with van der Waals surface area (Å²) in [7, 11) is 0. The van der Waals surface area contributed by atoms with Crippen LogP contribution >= 0.6 is 0 Å². The SMILES string of the molecule is CCCCCCCCC(N)c1ccc2[nH]c(=O)[nH]c2c1. The van der Waals surface area contributed by atoms with E-state index in [1.807, 2.05) is 18.2 Å². The molecule has 0 spiro atoms. The molecule has 1 atom stereocenters. The van der Waals surface area contributed by atoms with Gasteiger partial charge in [-0.1, -0.05) is 51.5 Å².